The Balaban J connectivity index is 1.77. The van der Waals surface area contributed by atoms with Crippen molar-refractivity contribution in [2.45, 2.75) is 6.92 Å². The van der Waals surface area contributed by atoms with Gasteiger partial charge < -0.3 is 18.5 Å². The number of ether oxygens (including phenoxy) is 2. The molecule has 0 atom stereocenters. The second kappa shape index (κ2) is 7.36. The largest absolute Gasteiger partial charge is 0.493 e. The Morgan fingerprint density at radius 3 is 2.46 bits per heavy atom. The van der Waals surface area contributed by atoms with Gasteiger partial charge in [-0.15, -0.1) is 0 Å². The fraction of sp³-hybridized carbons (Fsp3) is 0.150. The first-order valence-corrected chi connectivity index (χ1v) is 8.77. The molecule has 7 nitrogen and oxygen atoms in total. The minimum atomic E-state index is 0.290. The molecule has 0 spiro atoms. The monoisotopic (exact) mass is 397 g/mol. The van der Waals surface area contributed by atoms with E-state index in [1.165, 1.54) is 0 Å². The summed E-state index contributed by atoms with van der Waals surface area (Å²) in [7, 11) is 3.15. The second-order valence-electron chi connectivity index (χ2n) is 5.94. The summed E-state index contributed by atoms with van der Waals surface area (Å²) in [5.41, 5.74) is 2.60. The van der Waals surface area contributed by atoms with Gasteiger partial charge in [0, 0.05) is 11.1 Å². The molecule has 2 heterocycles. The number of hydrogen-bond acceptors (Lipinski definition) is 7. The third-order valence-electron chi connectivity index (χ3n) is 4.27. The van der Waals surface area contributed by atoms with Crippen molar-refractivity contribution < 1.29 is 18.5 Å². The number of benzene rings is 2. The maximum Gasteiger partial charge on any atom is 0.264 e. The smallest absolute Gasteiger partial charge is 0.264 e. The van der Waals surface area contributed by atoms with Gasteiger partial charge in [0.1, 0.15) is 17.0 Å². The summed E-state index contributed by atoms with van der Waals surface area (Å²) in [5, 5.41) is 8.77. The highest BCUT2D eigenvalue weighted by molar-refractivity contribution is 6.33. The standard InChI is InChI=1S/C20H16ClN3O4/c1-11-17(18(23-27-11)13-6-4-5-7-14(13)21)20-22-19(24-28-20)12-8-9-15(25-2)16(10-12)26-3/h4-10H,1-3H3. The van der Waals surface area contributed by atoms with Crippen LogP contribution in [0.25, 0.3) is 34.1 Å². The van der Waals surface area contributed by atoms with Crippen molar-refractivity contribution in [3.05, 3.63) is 53.2 Å². The molecule has 8 heteroatoms. The van der Waals surface area contributed by atoms with E-state index in [0.717, 1.165) is 11.1 Å². The zero-order valence-electron chi connectivity index (χ0n) is 15.4. The molecule has 0 aliphatic carbocycles. The Bertz CT molecular complexity index is 1140. The lowest BCUT2D eigenvalue weighted by atomic mass is 10.1. The molecule has 0 N–H and O–H groups in total. The van der Waals surface area contributed by atoms with Crippen LogP contribution < -0.4 is 9.47 Å². The molecule has 0 amide bonds. The molecule has 2 aromatic carbocycles. The van der Waals surface area contributed by atoms with E-state index in [4.69, 9.17) is 30.1 Å². The quantitative estimate of drug-likeness (QED) is 0.466. The van der Waals surface area contributed by atoms with Gasteiger partial charge in [0.25, 0.3) is 5.89 Å². The number of aromatic nitrogens is 3. The lowest BCUT2D eigenvalue weighted by molar-refractivity contribution is 0.355. The predicted octanol–water partition coefficient (Wildman–Crippen LogP) is 5.04. The summed E-state index contributed by atoms with van der Waals surface area (Å²) in [4.78, 5) is 4.51. The molecular weight excluding hydrogens is 382 g/mol. The summed E-state index contributed by atoms with van der Waals surface area (Å²) in [5.74, 6) is 2.44. The Labute approximate surface area is 165 Å². The van der Waals surface area contributed by atoms with Crippen LogP contribution in [0.2, 0.25) is 5.02 Å². The molecule has 0 radical (unpaired) electrons. The van der Waals surface area contributed by atoms with Crippen LogP contribution in [-0.2, 0) is 0 Å². The van der Waals surface area contributed by atoms with Crippen LogP contribution in [0, 0.1) is 6.92 Å². The van der Waals surface area contributed by atoms with Crippen molar-refractivity contribution >= 4 is 11.6 Å². The highest BCUT2D eigenvalue weighted by Gasteiger charge is 2.24. The summed E-state index contributed by atoms with van der Waals surface area (Å²) in [6.07, 6.45) is 0. The first-order chi connectivity index (χ1) is 13.6. The normalized spacial score (nSPS) is 10.9. The minimum Gasteiger partial charge on any atom is -0.493 e. The molecular formula is C20H16ClN3O4. The van der Waals surface area contributed by atoms with Crippen LogP contribution in [0.15, 0.2) is 51.5 Å². The van der Waals surface area contributed by atoms with E-state index in [9.17, 15) is 0 Å². The van der Waals surface area contributed by atoms with Gasteiger partial charge in [-0.2, -0.15) is 4.98 Å². The average molecular weight is 398 g/mol. The van der Waals surface area contributed by atoms with Crippen LogP contribution in [0.4, 0.5) is 0 Å². The maximum atomic E-state index is 6.32. The van der Waals surface area contributed by atoms with Crippen molar-refractivity contribution in [3.63, 3.8) is 0 Å². The van der Waals surface area contributed by atoms with E-state index < -0.39 is 0 Å². The molecule has 4 aromatic rings. The molecule has 0 saturated carbocycles. The molecule has 0 aliphatic heterocycles. The Morgan fingerprint density at radius 2 is 1.71 bits per heavy atom. The topological polar surface area (TPSA) is 83.4 Å². The average Bonchev–Trinajstić information content (AvgIpc) is 3.34. The van der Waals surface area contributed by atoms with E-state index in [1.807, 2.05) is 24.3 Å². The zero-order valence-corrected chi connectivity index (χ0v) is 16.1. The third kappa shape index (κ3) is 3.10. The van der Waals surface area contributed by atoms with Gasteiger partial charge in [0.05, 0.1) is 19.2 Å². The summed E-state index contributed by atoms with van der Waals surface area (Å²) < 4.78 is 21.5. The van der Waals surface area contributed by atoms with E-state index in [2.05, 4.69) is 15.3 Å². The minimum absolute atomic E-state index is 0.290. The number of aryl methyl sites for hydroxylation is 1. The number of halogens is 1. The Morgan fingerprint density at radius 1 is 0.929 bits per heavy atom. The van der Waals surface area contributed by atoms with Gasteiger partial charge >= 0.3 is 0 Å². The lowest BCUT2D eigenvalue weighted by Gasteiger charge is -2.07. The SMILES string of the molecule is COc1ccc(-c2noc(-c3c(-c4ccccc4Cl)noc3C)n2)cc1OC. The molecule has 0 aliphatic rings. The number of rotatable bonds is 5. The molecule has 0 bridgehead atoms. The van der Waals surface area contributed by atoms with Crippen LogP contribution in [0.5, 0.6) is 11.5 Å². The van der Waals surface area contributed by atoms with E-state index in [-0.39, 0.29) is 0 Å². The first-order valence-electron chi connectivity index (χ1n) is 8.40. The van der Waals surface area contributed by atoms with Crippen molar-refractivity contribution in [3.8, 4) is 45.6 Å². The summed E-state index contributed by atoms with van der Waals surface area (Å²) in [6, 6.07) is 12.7. The van der Waals surface area contributed by atoms with Crippen LogP contribution in [0.3, 0.4) is 0 Å². The van der Waals surface area contributed by atoms with Crippen LogP contribution in [0.1, 0.15) is 5.76 Å². The van der Waals surface area contributed by atoms with Gasteiger partial charge in [-0.3, -0.25) is 0 Å². The highest BCUT2D eigenvalue weighted by atomic mass is 35.5. The van der Waals surface area contributed by atoms with Crippen molar-refractivity contribution in [1.82, 2.24) is 15.3 Å². The van der Waals surface area contributed by atoms with Crippen molar-refractivity contribution in [2.75, 3.05) is 14.2 Å². The fourth-order valence-electron chi connectivity index (χ4n) is 2.88. The fourth-order valence-corrected chi connectivity index (χ4v) is 3.10. The van der Waals surface area contributed by atoms with Gasteiger partial charge in [0.15, 0.2) is 11.5 Å². The van der Waals surface area contributed by atoms with Gasteiger partial charge in [-0.1, -0.05) is 40.1 Å². The van der Waals surface area contributed by atoms with Gasteiger partial charge in [0.2, 0.25) is 5.82 Å². The molecule has 0 fully saturated rings. The van der Waals surface area contributed by atoms with Crippen LogP contribution in [-0.4, -0.2) is 29.5 Å². The zero-order chi connectivity index (χ0) is 19.7. The van der Waals surface area contributed by atoms with E-state index >= 15 is 0 Å². The second-order valence-corrected chi connectivity index (χ2v) is 6.34. The predicted molar refractivity (Wildman–Crippen MR) is 104 cm³/mol. The van der Waals surface area contributed by atoms with Crippen LogP contribution >= 0.6 is 11.6 Å². The molecule has 142 valence electrons. The van der Waals surface area contributed by atoms with Gasteiger partial charge in [-0.05, 0) is 31.2 Å². The number of methoxy groups -OCH3 is 2. The number of nitrogens with zero attached hydrogens (tertiary/aromatic N) is 3. The Kier molecular flexibility index (Phi) is 4.75. The van der Waals surface area contributed by atoms with E-state index in [0.29, 0.717) is 45.3 Å². The van der Waals surface area contributed by atoms with Crippen molar-refractivity contribution in [1.29, 1.82) is 0 Å². The van der Waals surface area contributed by atoms with Crippen molar-refractivity contribution in [2.24, 2.45) is 0 Å². The van der Waals surface area contributed by atoms with Gasteiger partial charge in [-0.25, -0.2) is 0 Å². The van der Waals surface area contributed by atoms with E-state index in [1.54, 1.807) is 39.3 Å². The summed E-state index contributed by atoms with van der Waals surface area (Å²) >= 11 is 6.32. The first kappa shape index (κ1) is 18.1. The Hall–Kier alpha value is -3.32. The molecule has 2 aromatic heterocycles. The number of hydrogen-bond donors (Lipinski definition) is 0. The lowest BCUT2D eigenvalue weighted by Crippen LogP contribution is -1.91. The molecule has 28 heavy (non-hydrogen) atoms. The molecule has 4 rings (SSSR count). The molecule has 0 saturated heterocycles. The third-order valence-corrected chi connectivity index (χ3v) is 4.60. The summed E-state index contributed by atoms with van der Waals surface area (Å²) in [6.45, 7) is 1.78. The maximum absolute atomic E-state index is 6.32. The highest BCUT2D eigenvalue weighted by Crippen LogP contribution is 2.38. The molecule has 0 unspecified atom stereocenters.